The lowest BCUT2D eigenvalue weighted by Crippen LogP contribution is -2.25. The van der Waals surface area contributed by atoms with E-state index in [9.17, 15) is 59.1 Å². The number of hydrogen-bond donors (Lipinski definition) is 5. The van der Waals surface area contributed by atoms with E-state index in [0.717, 1.165) is 0 Å². The van der Waals surface area contributed by atoms with Gasteiger partial charge in [-0.15, -0.1) is 0 Å². The summed E-state index contributed by atoms with van der Waals surface area (Å²) < 4.78 is 67.9. The second-order valence-electron chi connectivity index (χ2n) is 21.9. The molecule has 0 saturated carbocycles. The van der Waals surface area contributed by atoms with Crippen molar-refractivity contribution in [3.63, 3.8) is 0 Å². The van der Waals surface area contributed by atoms with E-state index >= 15 is 0 Å². The lowest BCUT2D eigenvalue weighted by atomic mass is 10.1. The van der Waals surface area contributed by atoms with Gasteiger partial charge in [-0.25, -0.2) is 58.7 Å². The van der Waals surface area contributed by atoms with Crippen molar-refractivity contribution in [2.45, 2.75) is 105 Å². The molecule has 0 spiro atoms. The molecule has 8 rings (SSSR count). The summed E-state index contributed by atoms with van der Waals surface area (Å²) in [4.78, 5) is 111. The maximum atomic E-state index is 12.6. The molecule has 8 aromatic rings. The van der Waals surface area contributed by atoms with Crippen LogP contribution in [-0.2, 0) is 62.0 Å². The molecule has 2 aromatic heterocycles. The van der Waals surface area contributed by atoms with Crippen LogP contribution in [-0.4, -0.2) is 182 Å². The van der Waals surface area contributed by atoms with Crippen LogP contribution in [0, 0.1) is 0 Å². The van der Waals surface area contributed by atoms with Crippen LogP contribution < -0.4 is 33.2 Å². The number of phenols is 5. The van der Waals surface area contributed by atoms with Crippen molar-refractivity contribution in [1.29, 1.82) is 0 Å². The smallest absolute Gasteiger partial charge is 0.346 e. The third-order valence-corrected chi connectivity index (χ3v) is 14.7. The molecular formula is C71H74N6O25. The molecule has 0 amide bonds. The SMILES string of the molecule is CCC(=O)C(C)Oc1cc(OC(C)C(=O)OC)ccc1-c1nc(-c2ccc(OC(C)C(=O)OC)cc2O)nc(-c2ccc(OC(C)C(=O)OC)cc2O)n1.COC(=O)C(C)Oc1ccc(-c2nc(-c3ccc(OC(C)C(=O)OC)cc3O)nc(-c3ccc(OC(C)C(=O)OC)cc3O)n2)c(O)c1. The standard InChI is InChI=1S/C38H41N3O13.C33H33N3O12/c1-9-29(42)19(2)54-32-18-25(53-22(5)38(47)50-8)12-15-28(32)35-40-33(26-13-10-23(16-30(26)43)51-20(3)36(45)48-6)39-34(41-35)27-14-11-24(17-31(27)44)52-21(4)37(46)49-7;1-16(31(40)43-4)46-19-7-10-22(25(37)13-19)28-34-29(23-11-8-20(14-26(23)38)47-17(2)32(41)44-5)36-30(35-28)24-12-9-21(15-27(24)39)48-18(3)33(42)45-6/h10-22,43-44H,9H2,1-8H3;7-18,37-39H,1-6H3. The van der Waals surface area contributed by atoms with E-state index in [1.807, 2.05) is 0 Å². The van der Waals surface area contributed by atoms with E-state index in [2.05, 4.69) is 44.1 Å². The van der Waals surface area contributed by atoms with Crippen LogP contribution in [0.1, 0.15) is 61.8 Å². The largest absolute Gasteiger partial charge is 0.507 e. The first-order chi connectivity index (χ1) is 48.5. The van der Waals surface area contributed by atoms with Gasteiger partial charge in [0.05, 0.1) is 76.0 Å². The molecular weight excluding hydrogens is 1340 g/mol. The second-order valence-corrected chi connectivity index (χ2v) is 21.9. The monoisotopic (exact) mass is 1410 g/mol. The fourth-order valence-corrected chi connectivity index (χ4v) is 9.25. The van der Waals surface area contributed by atoms with Gasteiger partial charge >= 0.3 is 35.8 Å². The molecule has 7 atom stereocenters. The number of rotatable bonds is 28. The Hall–Kier alpha value is -12.6. The lowest BCUT2D eigenvalue weighted by Gasteiger charge is -2.19. The molecule has 6 aromatic carbocycles. The number of ether oxygens (including phenoxy) is 13. The summed E-state index contributed by atoms with van der Waals surface area (Å²) in [5.41, 5.74) is 0.856. The number of phenolic OH excluding ortho intramolecular Hbond substituents is 5. The van der Waals surface area contributed by atoms with E-state index in [-0.39, 0.29) is 150 Å². The van der Waals surface area contributed by atoms with Crippen LogP contribution in [0.25, 0.3) is 68.3 Å². The number of esters is 6. The van der Waals surface area contributed by atoms with Crippen LogP contribution in [0.5, 0.6) is 69.0 Å². The van der Waals surface area contributed by atoms with Crippen LogP contribution in [0.2, 0.25) is 0 Å². The maximum absolute atomic E-state index is 12.6. The molecule has 538 valence electrons. The van der Waals surface area contributed by atoms with E-state index in [1.54, 1.807) is 19.9 Å². The van der Waals surface area contributed by atoms with Gasteiger partial charge in [0.1, 0.15) is 69.0 Å². The molecule has 5 N–H and O–H groups in total. The Labute approximate surface area is 583 Å². The number of nitrogens with zero attached hydrogens (tertiary/aromatic N) is 6. The zero-order valence-electron chi connectivity index (χ0n) is 57.7. The first-order valence-corrected chi connectivity index (χ1v) is 31.0. The summed E-state index contributed by atoms with van der Waals surface area (Å²) in [5.74, 6) is -4.68. The Kier molecular flexibility index (Phi) is 26.2. The first kappa shape index (κ1) is 76.8. The van der Waals surface area contributed by atoms with Gasteiger partial charge in [0.25, 0.3) is 0 Å². The highest BCUT2D eigenvalue weighted by atomic mass is 16.6. The van der Waals surface area contributed by atoms with Gasteiger partial charge in [0.15, 0.2) is 83.5 Å². The predicted molar refractivity (Wildman–Crippen MR) is 359 cm³/mol. The molecule has 0 bridgehead atoms. The Morgan fingerprint density at radius 3 is 0.657 bits per heavy atom. The highest BCUT2D eigenvalue weighted by molar-refractivity contribution is 5.84. The topological polar surface area (TPSA) is 418 Å². The molecule has 0 aliphatic rings. The van der Waals surface area contributed by atoms with Gasteiger partial charge < -0.3 is 87.1 Å². The quantitative estimate of drug-likeness (QED) is 0.0226. The molecule has 2 heterocycles. The fraction of sp³-hybridized carbons (Fsp3) is 0.310. The molecule has 0 aliphatic carbocycles. The summed E-state index contributed by atoms with van der Waals surface area (Å²) in [5, 5.41) is 55.2. The zero-order valence-corrected chi connectivity index (χ0v) is 57.7. The minimum absolute atomic E-state index is 0.00760. The van der Waals surface area contributed by atoms with Gasteiger partial charge in [-0.1, -0.05) is 6.92 Å². The van der Waals surface area contributed by atoms with Crippen molar-refractivity contribution >= 4 is 41.6 Å². The predicted octanol–water partition coefficient (Wildman–Crippen LogP) is 8.66. The highest BCUT2D eigenvalue weighted by Crippen LogP contribution is 2.42. The number of hydrogen-bond acceptors (Lipinski definition) is 31. The van der Waals surface area contributed by atoms with E-state index in [4.69, 9.17) is 47.4 Å². The van der Waals surface area contributed by atoms with Crippen LogP contribution in [0.3, 0.4) is 0 Å². The Morgan fingerprint density at radius 1 is 0.284 bits per heavy atom. The van der Waals surface area contributed by atoms with E-state index in [1.165, 1.54) is 187 Å². The second kappa shape index (κ2) is 34.8. The molecule has 31 nitrogen and oxygen atoms in total. The average molecular weight is 1410 g/mol. The molecule has 0 saturated heterocycles. The number of methoxy groups -OCH3 is 6. The van der Waals surface area contributed by atoms with Crippen molar-refractivity contribution in [2.24, 2.45) is 0 Å². The highest BCUT2D eigenvalue weighted by Gasteiger charge is 2.28. The molecule has 0 aliphatic heterocycles. The summed E-state index contributed by atoms with van der Waals surface area (Å²) in [6.45, 7) is 12.2. The van der Waals surface area contributed by atoms with E-state index < -0.39 is 78.5 Å². The number of Topliss-reactive ketones (excluding diaryl/α,β-unsaturated/α-hetero) is 1. The lowest BCUT2D eigenvalue weighted by molar-refractivity contribution is -0.148. The minimum atomic E-state index is -0.977. The summed E-state index contributed by atoms with van der Waals surface area (Å²) in [6, 6.07) is 25.6. The van der Waals surface area contributed by atoms with Crippen LogP contribution in [0.15, 0.2) is 109 Å². The van der Waals surface area contributed by atoms with Crippen molar-refractivity contribution in [3.05, 3.63) is 109 Å². The Bertz CT molecular complexity index is 4090. The van der Waals surface area contributed by atoms with Crippen LogP contribution >= 0.6 is 0 Å². The number of benzene rings is 6. The van der Waals surface area contributed by atoms with Crippen molar-refractivity contribution in [3.8, 4) is 137 Å². The summed E-state index contributed by atoms with van der Waals surface area (Å²) in [7, 11) is 7.35. The van der Waals surface area contributed by atoms with E-state index in [0.29, 0.717) is 0 Å². The number of carbonyl (C=O) groups is 7. The summed E-state index contributed by atoms with van der Waals surface area (Å²) in [6.07, 6.45) is -6.48. The minimum Gasteiger partial charge on any atom is -0.507 e. The maximum Gasteiger partial charge on any atom is 0.346 e. The van der Waals surface area contributed by atoms with Gasteiger partial charge in [0.2, 0.25) is 0 Å². The number of aromatic hydroxyl groups is 5. The average Bonchev–Trinajstić information content (AvgIpc) is 0.782. The van der Waals surface area contributed by atoms with Gasteiger partial charge in [-0.3, -0.25) is 4.79 Å². The Morgan fingerprint density at radius 2 is 0.471 bits per heavy atom. The van der Waals surface area contributed by atoms with Gasteiger partial charge in [0, 0.05) is 42.8 Å². The third kappa shape index (κ3) is 19.4. The first-order valence-electron chi connectivity index (χ1n) is 31.0. The number of ketones is 1. The fourth-order valence-electron chi connectivity index (χ4n) is 9.25. The zero-order chi connectivity index (χ0) is 74.8. The number of carbonyl (C=O) groups excluding carboxylic acids is 7. The molecule has 7 unspecified atom stereocenters. The van der Waals surface area contributed by atoms with Crippen LogP contribution in [0.4, 0.5) is 0 Å². The van der Waals surface area contributed by atoms with Crippen molar-refractivity contribution < 1.29 is 121 Å². The summed E-state index contributed by atoms with van der Waals surface area (Å²) >= 11 is 0. The molecule has 0 fully saturated rings. The normalized spacial score (nSPS) is 12.8. The third-order valence-electron chi connectivity index (χ3n) is 14.7. The van der Waals surface area contributed by atoms with Gasteiger partial charge in [-0.2, -0.15) is 0 Å². The molecule has 31 heteroatoms. The van der Waals surface area contributed by atoms with Gasteiger partial charge in [-0.05, 0) is 121 Å². The molecule has 102 heavy (non-hydrogen) atoms. The van der Waals surface area contributed by atoms with Crippen molar-refractivity contribution in [1.82, 2.24) is 29.9 Å². The number of aromatic nitrogens is 6. The molecule has 0 radical (unpaired) electrons. The van der Waals surface area contributed by atoms with Crippen molar-refractivity contribution in [2.75, 3.05) is 42.7 Å². The Balaban J connectivity index is 0.000000288.